The van der Waals surface area contributed by atoms with Crippen LogP contribution in [0.1, 0.15) is 50.5 Å². The van der Waals surface area contributed by atoms with Crippen molar-refractivity contribution >= 4 is 0 Å². The molecular formula is C22H27ClN5O-. The first kappa shape index (κ1) is 21.3. The van der Waals surface area contributed by atoms with E-state index >= 15 is 0 Å². The largest absolute Gasteiger partial charge is 1.00 e. The van der Waals surface area contributed by atoms with E-state index < -0.39 is 0 Å². The molecule has 2 aromatic carbocycles. The molecule has 1 N–H and O–H groups in total. The van der Waals surface area contributed by atoms with E-state index in [1.54, 1.807) is 4.68 Å². The standard InChI is InChI=1S/C22H27N5O.ClH/c1-2-5-11-19(12-6-3-1)23-17-18-10-9-15-21(16-18)28-22-24-25-26-27(22)20-13-7-4-8-14-20;/h4,7-10,13-16,19,23H,1-3,5-6,11-12,17H2;1H/p-1. The number of nitrogens with zero attached hydrogens (tertiary/aromatic N) is 4. The molecule has 1 aliphatic carbocycles. The van der Waals surface area contributed by atoms with Crippen LogP contribution < -0.4 is 22.5 Å². The lowest BCUT2D eigenvalue weighted by Gasteiger charge is -2.21. The maximum absolute atomic E-state index is 5.97. The number of para-hydroxylation sites is 1. The van der Waals surface area contributed by atoms with Gasteiger partial charge in [0.2, 0.25) is 0 Å². The van der Waals surface area contributed by atoms with E-state index in [4.69, 9.17) is 4.74 Å². The van der Waals surface area contributed by atoms with E-state index in [9.17, 15) is 0 Å². The molecule has 0 saturated heterocycles. The van der Waals surface area contributed by atoms with Crippen molar-refractivity contribution < 1.29 is 17.1 Å². The molecule has 154 valence electrons. The number of hydrogen-bond acceptors (Lipinski definition) is 5. The zero-order valence-electron chi connectivity index (χ0n) is 16.5. The van der Waals surface area contributed by atoms with Crippen molar-refractivity contribution in [3.63, 3.8) is 0 Å². The van der Waals surface area contributed by atoms with Crippen LogP contribution in [0.4, 0.5) is 0 Å². The summed E-state index contributed by atoms with van der Waals surface area (Å²) in [6.07, 6.45) is 9.37. The minimum Gasteiger partial charge on any atom is -1.00 e. The van der Waals surface area contributed by atoms with Crippen molar-refractivity contribution in [2.24, 2.45) is 0 Å². The zero-order chi connectivity index (χ0) is 19.0. The quantitative estimate of drug-likeness (QED) is 0.667. The zero-order valence-corrected chi connectivity index (χ0v) is 17.3. The Morgan fingerprint density at radius 2 is 1.69 bits per heavy atom. The molecule has 0 amide bonds. The van der Waals surface area contributed by atoms with Crippen LogP contribution in [-0.4, -0.2) is 26.2 Å². The Balaban J connectivity index is 0.00000240. The Morgan fingerprint density at radius 3 is 2.48 bits per heavy atom. The lowest BCUT2D eigenvalue weighted by atomic mass is 9.96. The molecular weight excluding hydrogens is 386 g/mol. The van der Waals surface area contributed by atoms with Crippen LogP contribution in [0.2, 0.25) is 0 Å². The van der Waals surface area contributed by atoms with Gasteiger partial charge in [-0.2, -0.15) is 4.68 Å². The molecule has 1 aliphatic rings. The van der Waals surface area contributed by atoms with Gasteiger partial charge in [0.1, 0.15) is 5.75 Å². The van der Waals surface area contributed by atoms with Crippen molar-refractivity contribution in [2.75, 3.05) is 0 Å². The summed E-state index contributed by atoms with van der Waals surface area (Å²) in [6, 6.07) is 18.8. The van der Waals surface area contributed by atoms with Gasteiger partial charge in [0.15, 0.2) is 0 Å². The van der Waals surface area contributed by atoms with Gasteiger partial charge in [-0.05, 0) is 53.1 Å². The van der Waals surface area contributed by atoms with Crippen LogP contribution in [0.3, 0.4) is 0 Å². The molecule has 3 aromatic rings. The predicted molar refractivity (Wildman–Crippen MR) is 109 cm³/mol. The fourth-order valence-electron chi connectivity index (χ4n) is 3.72. The number of rotatable bonds is 6. The van der Waals surface area contributed by atoms with Crippen molar-refractivity contribution in [1.82, 2.24) is 25.5 Å². The molecule has 0 spiro atoms. The van der Waals surface area contributed by atoms with Gasteiger partial charge in [0.05, 0.1) is 5.69 Å². The average Bonchev–Trinajstić information content (AvgIpc) is 3.16. The predicted octanol–water partition coefficient (Wildman–Crippen LogP) is 1.66. The van der Waals surface area contributed by atoms with Crippen LogP contribution in [0.25, 0.3) is 5.69 Å². The molecule has 29 heavy (non-hydrogen) atoms. The van der Waals surface area contributed by atoms with Gasteiger partial charge in [-0.25, -0.2) is 0 Å². The maximum atomic E-state index is 5.97. The number of hydrogen-bond donors (Lipinski definition) is 1. The smallest absolute Gasteiger partial charge is 0.345 e. The third-order valence-corrected chi connectivity index (χ3v) is 5.25. The third-order valence-electron chi connectivity index (χ3n) is 5.25. The van der Waals surface area contributed by atoms with Crippen LogP contribution in [0.5, 0.6) is 11.8 Å². The van der Waals surface area contributed by atoms with E-state index in [2.05, 4.69) is 33.0 Å². The van der Waals surface area contributed by atoms with Gasteiger partial charge in [-0.15, -0.1) is 0 Å². The summed E-state index contributed by atoms with van der Waals surface area (Å²) in [5.74, 6) is 0.740. The number of ether oxygens (including phenoxy) is 1. The molecule has 0 aliphatic heterocycles. The first-order chi connectivity index (χ1) is 13.9. The minimum absolute atomic E-state index is 0. The summed E-state index contributed by atoms with van der Waals surface area (Å²) in [4.78, 5) is 0. The first-order valence-corrected chi connectivity index (χ1v) is 10.2. The van der Waals surface area contributed by atoms with Crippen LogP contribution in [0.15, 0.2) is 54.6 Å². The molecule has 6 nitrogen and oxygen atoms in total. The monoisotopic (exact) mass is 412 g/mol. The Hall–Kier alpha value is -2.44. The van der Waals surface area contributed by atoms with Gasteiger partial charge in [0, 0.05) is 12.6 Å². The number of halogens is 1. The summed E-state index contributed by atoms with van der Waals surface area (Å²) >= 11 is 0. The molecule has 1 aromatic heterocycles. The lowest BCUT2D eigenvalue weighted by Crippen LogP contribution is -3.00. The highest BCUT2D eigenvalue weighted by Gasteiger charge is 2.12. The highest BCUT2D eigenvalue weighted by atomic mass is 35.5. The van der Waals surface area contributed by atoms with Gasteiger partial charge >= 0.3 is 6.01 Å². The van der Waals surface area contributed by atoms with Gasteiger partial charge < -0.3 is 22.5 Å². The van der Waals surface area contributed by atoms with E-state index in [1.165, 1.54) is 50.5 Å². The molecule has 0 atom stereocenters. The Morgan fingerprint density at radius 1 is 0.931 bits per heavy atom. The van der Waals surface area contributed by atoms with Crippen molar-refractivity contribution in [3.8, 4) is 17.4 Å². The fraction of sp³-hybridized carbons (Fsp3) is 0.409. The second kappa shape index (κ2) is 10.9. The Kier molecular flexibility index (Phi) is 8.02. The summed E-state index contributed by atoms with van der Waals surface area (Å²) in [5, 5.41) is 15.5. The van der Waals surface area contributed by atoms with E-state index in [-0.39, 0.29) is 12.4 Å². The van der Waals surface area contributed by atoms with Crippen molar-refractivity contribution in [2.45, 2.75) is 57.5 Å². The van der Waals surface area contributed by atoms with Crippen LogP contribution >= 0.6 is 0 Å². The number of nitrogens with one attached hydrogen (secondary N) is 1. The number of benzene rings is 2. The SMILES string of the molecule is [Cl-].c1ccc(-n2nnnc2Oc2cccc(CNC3CCCCCCC3)c2)cc1. The molecule has 1 heterocycles. The normalized spacial score (nSPS) is 15.2. The average molecular weight is 413 g/mol. The second-order valence-corrected chi connectivity index (χ2v) is 7.38. The van der Waals surface area contributed by atoms with Crippen LogP contribution in [0, 0.1) is 0 Å². The fourth-order valence-corrected chi connectivity index (χ4v) is 3.72. The van der Waals surface area contributed by atoms with Crippen molar-refractivity contribution in [3.05, 3.63) is 60.2 Å². The van der Waals surface area contributed by atoms with E-state index in [0.29, 0.717) is 12.1 Å². The first-order valence-electron chi connectivity index (χ1n) is 10.2. The van der Waals surface area contributed by atoms with E-state index in [1.807, 2.05) is 42.5 Å². The Bertz CT molecular complexity index is 862. The third kappa shape index (κ3) is 6.02. The van der Waals surface area contributed by atoms with Gasteiger partial charge in [-0.1, -0.05) is 67.5 Å². The lowest BCUT2D eigenvalue weighted by molar-refractivity contribution is -0.00000659. The number of aromatic nitrogens is 4. The molecule has 0 bridgehead atoms. The molecule has 1 fully saturated rings. The highest BCUT2D eigenvalue weighted by Crippen LogP contribution is 2.23. The summed E-state index contributed by atoms with van der Waals surface area (Å²) in [5.41, 5.74) is 2.07. The van der Waals surface area contributed by atoms with Gasteiger partial charge in [0.25, 0.3) is 0 Å². The van der Waals surface area contributed by atoms with Crippen molar-refractivity contribution in [1.29, 1.82) is 0 Å². The highest BCUT2D eigenvalue weighted by molar-refractivity contribution is 5.34. The second-order valence-electron chi connectivity index (χ2n) is 7.38. The molecule has 4 rings (SSSR count). The number of tetrazole rings is 1. The maximum Gasteiger partial charge on any atom is 0.345 e. The molecule has 0 radical (unpaired) electrons. The topological polar surface area (TPSA) is 64.9 Å². The molecule has 7 heteroatoms. The minimum atomic E-state index is 0. The summed E-state index contributed by atoms with van der Waals surface area (Å²) < 4.78 is 7.57. The van der Waals surface area contributed by atoms with E-state index in [0.717, 1.165) is 18.0 Å². The molecule has 0 unspecified atom stereocenters. The molecule has 1 saturated carbocycles. The van der Waals surface area contributed by atoms with Crippen LogP contribution in [-0.2, 0) is 6.54 Å². The summed E-state index contributed by atoms with van der Waals surface area (Å²) in [7, 11) is 0. The Labute approximate surface area is 178 Å². The van der Waals surface area contributed by atoms with Gasteiger partial charge in [-0.3, -0.25) is 0 Å². The summed E-state index contributed by atoms with van der Waals surface area (Å²) in [6.45, 7) is 0.853.